The molecule has 1 amide bonds. The molecule has 0 atom stereocenters. The Labute approximate surface area is 133 Å². The van der Waals surface area contributed by atoms with Crippen LogP contribution >= 0.6 is 11.6 Å². The molecule has 0 unspecified atom stereocenters. The molecule has 0 bridgehead atoms. The van der Waals surface area contributed by atoms with Gasteiger partial charge < -0.3 is 10.6 Å². The van der Waals surface area contributed by atoms with Crippen molar-refractivity contribution in [2.24, 2.45) is 0 Å². The van der Waals surface area contributed by atoms with Crippen molar-refractivity contribution in [2.45, 2.75) is 13.0 Å². The molecule has 2 heterocycles. The summed E-state index contributed by atoms with van der Waals surface area (Å²) in [4.78, 5) is 19.9. The number of anilines is 1. The maximum atomic E-state index is 11.7. The molecule has 2 aromatic rings. The summed E-state index contributed by atoms with van der Waals surface area (Å²) in [6.07, 6.45) is 3.39. The van der Waals surface area contributed by atoms with Crippen molar-refractivity contribution in [3.05, 3.63) is 52.9 Å². The van der Waals surface area contributed by atoms with Crippen LogP contribution in [0.3, 0.4) is 0 Å². The SMILES string of the molecule is N#Cc1cnc(NCCC(=O)NCc2ccccn2)c(Cl)c1. The number of aromatic nitrogens is 2. The first-order valence-electron chi connectivity index (χ1n) is 6.65. The summed E-state index contributed by atoms with van der Waals surface area (Å²) in [6.45, 7) is 0.794. The number of hydrogen-bond acceptors (Lipinski definition) is 5. The van der Waals surface area contributed by atoms with Crippen LogP contribution in [0.5, 0.6) is 0 Å². The van der Waals surface area contributed by atoms with Crippen LogP contribution in [0.15, 0.2) is 36.7 Å². The lowest BCUT2D eigenvalue weighted by Gasteiger charge is -2.08. The van der Waals surface area contributed by atoms with Gasteiger partial charge in [-0.25, -0.2) is 4.98 Å². The number of amides is 1. The van der Waals surface area contributed by atoms with E-state index >= 15 is 0 Å². The molecule has 6 nitrogen and oxygen atoms in total. The first-order valence-corrected chi connectivity index (χ1v) is 7.03. The van der Waals surface area contributed by atoms with Gasteiger partial charge in [-0.3, -0.25) is 9.78 Å². The van der Waals surface area contributed by atoms with Gasteiger partial charge in [0.25, 0.3) is 0 Å². The Hall–Kier alpha value is -2.65. The predicted octanol–water partition coefficient (Wildman–Crippen LogP) is 2.12. The molecule has 2 rings (SSSR count). The monoisotopic (exact) mass is 315 g/mol. The Bertz CT molecular complexity index is 684. The largest absolute Gasteiger partial charge is 0.368 e. The number of pyridine rings is 2. The highest BCUT2D eigenvalue weighted by molar-refractivity contribution is 6.33. The second kappa shape index (κ2) is 7.96. The van der Waals surface area contributed by atoms with Gasteiger partial charge in [0.1, 0.15) is 11.9 Å². The van der Waals surface area contributed by atoms with Gasteiger partial charge in [-0.2, -0.15) is 5.26 Å². The van der Waals surface area contributed by atoms with Gasteiger partial charge in [0, 0.05) is 25.4 Å². The smallest absolute Gasteiger partial charge is 0.222 e. The Kier molecular flexibility index (Phi) is 5.69. The molecule has 0 fully saturated rings. The summed E-state index contributed by atoms with van der Waals surface area (Å²) >= 11 is 5.98. The average Bonchev–Trinajstić information content (AvgIpc) is 2.55. The zero-order valence-electron chi connectivity index (χ0n) is 11.7. The minimum Gasteiger partial charge on any atom is -0.368 e. The van der Waals surface area contributed by atoms with Crippen LogP contribution in [0, 0.1) is 11.3 Å². The highest BCUT2D eigenvalue weighted by Crippen LogP contribution is 2.19. The summed E-state index contributed by atoms with van der Waals surface area (Å²) in [5.74, 6) is 0.362. The van der Waals surface area contributed by atoms with Gasteiger partial charge in [0.15, 0.2) is 0 Å². The Morgan fingerprint density at radius 2 is 2.23 bits per heavy atom. The van der Waals surface area contributed by atoms with Crippen molar-refractivity contribution in [2.75, 3.05) is 11.9 Å². The third-order valence-corrected chi connectivity index (χ3v) is 3.10. The molecule has 0 aliphatic heterocycles. The van der Waals surface area contributed by atoms with Crippen molar-refractivity contribution in [3.8, 4) is 6.07 Å². The molecule has 112 valence electrons. The standard InChI is InChI=1S/C15H14ClN5O/c16-13-7-11(8-17)9-21-15(13)19-6-4-14(22)20-10-12-3-1-2-5-18-12/h1-3,5,7,9H,4,6,10H2,(H,19,21)(H,20,22). The number of nitrogens with one attached hydrogen (secondary N) is 2. The predicted molar refractivity (Wildman–Crippen MR) is 83.2 cm³/mol. The minimum absolute atomic E-state index is 0.0945. The van der Waals surface area contributed by atoms with Crippen LogP contribution in [-0.4, -0.2) is 22.4 Å². The second-order valence-corrected chi connectivity index (χ2v) is 4.85. The van der Waals surface area contributed by atoms with E-state index in [-0.39, 0.29) is 12.3 Å². The first kappa shape index (κ1) is 15.7. The van der Waals surface area contributed by atoms with Gasteiger partial charge in [-0.1, -0.05) is 17.7 Å². The summed E-state index contributed by atoms with van der Waals surface area (Å²) in [5, 5.41) is 14.8. The van der Waals surface area contributed by atoms with Gasteiger partial charge in [0.2, 0.25) is 5.91 Å². The summed E-state index contributed by atoms with van der Waals surface area (Å²) in [6, 6.07) is 9.02. The molecule has 0 aliphatic rings. The summed E-state index contributed by atoms with van der Waals surface area (Å²) in [7, 11) is 0. The van der Waals surface area contributed by atoms with E-state index in [4.69, 9.17) is 16.9 Å². The molecule has 0 aromatic carbocycles. The number of carbonyl (C=O) groups excluding carboxylic acids is 1. The van der Waals surface area contributed by atoms with E-state index in [2.05, 4.69) is 20.6 Å². The number of nitriles is 1. The molecule has 22 heavy (non-hydrogen) atoms. The fourth-order valence-electron chi connectivity index (χ4n) is 1.70. The van der Waals surface area contributed by atoms with Crippen LogP contribution in [-0.2, 0) is 11.3 Å². The minimum atomic E-state index is -0.0945. The van der Waals surface area contributed by atoms with Gasteiger partial charge in [0.05, 0.1) is 22.8 Å². The topological polar surface area (TPSA) is 90.7 Å². The lowest BCUT2D eigenvalue weighted by atomic mass is 10.3. The van der Waals surface area contributed by atoms with Crippen LogP contribution in [0.4, 0.5) is 5.82 Å². The molecule has 0 spiro atoms. The third-order valence-electron chi connectivity index (χ3n) is 2.81. The quantitative estimate of drug-likeness (QED) is 0.852. The number of rotatable bonds is 6. The number of halogens is 1. The van der Waals surface area contributed by atoms with Crippen LogP contribution in [0.2, 0.25) is 5.02 Å². The van der Waals surface area contributed by atoms with E-state index in [9.17, 15) is 4.79 Å². The molecular formula is C15H14ClN5O. The highest BCUT2D eigenvalue weighted by Gasteiger charge is 2.05. The van der Waals surface area contributed by atoms with Gasteiger partial charge in [-0.15, -0.1) is 0 Å². The Morgan fingerprint density at radius 3 is 2.91 bits per heavy atom. The van der Waals surface area contributed by atoms with E-state index in [0.717, 1.165) is 5.69 Å². The summed E-state index contributed by atoms with van der Waals surface area (Å²) < 4.78 is 0. The number of carbonyl (C=O) groups is 1. The molecule has 7 heteroatoms. The van der Waals surface area contributed by atoms with E-state index in [1.165, 1.54) is 12.3 Å². The maximum Gasteiger partial charge on any atom is 0.222 e. The van der Waals surface area contributed by atoms with Crippen LogP contribution < -0.4 is 10.6 Å². The molecule has 0 saturated carbocycles. The molecule has 2 aromatic heterocycles. The number of nitrogens with zero attached hydrogens (tertiary/aromatic N) is 3. The van der Waals surface area contributed by atoms with Crippen molar-refractivity contribution < 1.29 is 4.79 Å². The third kappa shape index (κ3) is 4.72. The van der Waals surface area contributed by atoms with Crippen molar-refractivity contribution in [1.82, 2.24) is 15.3 Å². The maximum absolute atomic E-state index is 11.7. The van der Waals surface area contributed by atoms with Gasteiger partial charge in [-0.05, 0) is 18.2 Å². The van der Waals surface area contributed by atoms with E-state index in [0.29, 0.717) is 29.5 Å². The summed E-state index contributed by atoms with van der Waals surface area (Å²) in [5.41, 5.74) is 1.20. The Morgan fingerprint density at radius 1 is 1.36 bits per heavy atom. The molecular weight excluding hydrogens is 302 g/mol. The fourth-order valence-corrected chi connectivity index (χ4v) is 1.94. The van der Waals surface area contributed by atoms with Crippen LogP contribution in [0.1, 0.15) is 17.7 Å². The molecule has 0 radical (unpaired) electrons. The zero-order valence-corrected chi connectivity index (χ0v) is 12.5. The van der Waals surface area contributed by atoms with E-state index < -0.39 is 0 Å². The van der Waals surface area contributed by atoms with E-state index in [1.54, 1.807) is 6.20 Å². The van der Waals surface area contributed by atoms with Crippen molar-refractivity contribution >= 4 is 23.3 Å². The lowest BCUT2D eigenvalue weighted by Crippen LogP contribution is -2.25. The molecule has 2 N–H and O–H groups in total. The molecule has 0 aliphatic carbocycles. The lowest BCUT2D eigenvalue weighted by molar-refractivity contribution is -0.121. The zero-order chi connectivity index (χ0) is 15.8. The van der Waals surface area contributed by atoms with Crippen molar-refractivity contribution in [3.63, 3.8) is 0 Å². The first-order chi connectivity index (χ1) is 10.7. The van der Waals surface area contributed by atoms with Crippen LogP contribution in [0.25, 0.3) is 0 Å². The second-order valence-electron chi connectivity index (χ2n) is 4.44. The Balaban J connectivity index is 1.74. The number of hydrogen-bond donors (Lipinski definition) is 2. The van der Waals surface area contributed by atoms with Crippen molar-refractivity contribution in [1.29, 1.82) is 5.26 Å². The highest BCUT2D eigenvalue weighted by atomic mass is 35.5. The average molecular weight is 316 g/mol. The van der Waals surface area contributed by atoms with E-state index in [1.807, 2.05) is 24.3 Å². The molecule has 0 saturated heterocycles. The fraction of sp³-hybridized carbons (Fsp3) is 0.200. The normalized spacial score (nSPS) is 9.82. The van der Waals surface area contributed by atoms with Gasteiger partial charge >= 0.3 is 0 Å².